The molecule has 0 saturated heterocycles. The molecule has 1 amide bonds. The van der Waals surface area contributed by atoms with Gasteiger partial charge in [0, 0.05) is 17.1 Å². The molecule has 5 nitrogen and oxygen atoms in total. The summed E-state index contributed by atoms with van der Waals surface area (Å²) in [5, 5.41) is 7.82. The molecule has 0 radical (unpaired) electrons. The number of carbonyl (C=O) groups is 1. The van der Waals surface area contributed by atoms with E-state index in [4.69, 9.17) is 27.9 Å². The van der Waals surface area contributed by atoms with Crippen LogP contribution in [0.25, 0.3) is 0 Å². The third kappa shape index (κ3) is 3.93. The van der Waals surface area contributed by atoms with E-state index in [0.29, 0.717) is 21.6 Å². The number of nitrogens with one attached hydrogen (secondary N) is 1. The number of carbonyl (C=O) groups excluding carboxylic acids is 1. The van der Waals surface area contributed by atoms with Crippen LogP contribution in [0.4, 0.5) is 5.82 Å². The van der Waals surface area contributed by atoms with Gasteiger partial charge in [-0.2, -0.15) is 5.10 Å². The zero-order chi connectivity index (χ0) is 16.3. The second-order valence-corrected chi connectivity index (χ2v) is 5.92. The number of hydrogen-bond acceptors (Lipinski definition) is 3. The molecular formula is C15H17Cl2N3O2. The third-order valence-electron chi connectivity index (χ3n) is 2.98. The lowest BCUT2D eigenvalue weighted by Crippen LogP contribution is -2.31. The van der Waals surface area contributed by atoms with Crippen LogP contribution in [0.5, 0.6) is 5.75 Å². The molecule has 0 unspecified atom stereocenters. The van der Waals surface area contributed by atoms with Crippen LogP contribution in [0.15, 0.2) is 30.5 Å². The molecule has 2 aromatic rings. The Labute approximate surface area is 139 Å². The molecule has 1 aromatic carbocycles. The second kappa shape index (κ2) is 7.03. The number of hydrogen-bond donors (Lipinski definition) is 1. The topological polar surface area (TPSA) is 56.2 Å². The van der Waals surface area contributed by atoms with Crippen LogP contribution in [0.1, 0.15) is 26.8 Å². The first-order chi connectivity index (χ1) is 10.4. The number of nitrogens with zero attached hydrogens (tertiary/aromatic N) is 2. The summed E-state index contributed by atoms with van der Waals surface area (Å²) in [6, 6.07) is 6.73. The van der Waals surface area contributed by atoms with E-state index in [1.807, 2.05) is 13.8 Å². The number of halogens is 2. The van der Waals surface area contributed by atoms with Crippen molar-refractivity contribution in [1.82, 2.24) is 9.78 Å². The highest BCUT2D eigenvalue weighted by molar-refractivity contribution is 6.35. The molecule has 0 fully saturated rings. The largest absolute Gasteiger partial charge is 0.479 e. The monoisotopic (exact) mass is 341 g/mol. The molecule has 1 N–H and O–H groups in total. The number of aromatic nitrogens is 2. The number of ether oxygens (including phenoxy) is 1. The van der Waals surface area contributed by atoms with Crippen molar-refractivity contribution in [2.24, 2.45) is 0 Å². The quantitative estimate of drug-likeness (QED) is 0.887. The van der Waals surface area contributed by atoms with Crippen LogP contribution in [0.2, 0.25) is 10.0 Å². The van der Waals surface area contributed by atoms with Crippen molar-refractivity contribution in [2.75, 3.05) is 5.32 Å². The van der Waals surface area contributed by atoms with Gasteiger partial charge in [-0.3, -0.25) is 4.79 Å². The second-order valence-electron chi connectivity index (χ2n) is 5.08. The minimum absolute atomic E-state index is 0.146. The number of amides is 1. The molecule has 7 heteroatoms. The van der Waals surface area contributed by atoms with Crippen LogP contribution >= 0.6 is 23.2 Å². The Hall–Kier alpha value is -1.72. The Morgan fingerprint density at radius 3 is 2.64 bits per heavy atom. The first kappa shape index (κ1) is 16.6. The van der Waals surface area contributed by atoms with Crippen LogP contribution in [0.3, 0.4) is 0 Å². The average Bonchev–Trinajstić information content (AvgIpc) is 2.90. The lowest BCUT2D eigenvalue weighted by atomic mass is 10.3. The van der Waals surface area contributed by atoms with Crippen molar-refractivity contribution >= 4 is 34.9 Å². The summed E-state index contributed by atoms with van der Waals surface area (Å²) < 4.78 is 7.30. The van der Waals surface area contributed by atoms with Crippen LogP contribution in [0, 0.1) is 0 Å². The van der Waals surface area contributed by atoms with Gasteiger partial charge >= 0.3 is 0 Å². The van der Waals surface area contributed by atoms with Gasteiger partial charge in [-0.05, 0) is 39.0 Å². The fourth-order valence-corrected chi connectivity index (χ4v) is 2.32. The molecule has 1 aromatic heterocycles. The highest BCUT2D eigenvalue weighted by Gasteiger charge is 2.18. The maximum atomic E-state index is 12.2. The normalized spacial score (nSPS) is 12.3. The molecule has 1 atom stereocenters. The maximum absolute atomic E-state index is 12.2. The Morgan fingerprint density at radius 1 is 1.27 bits per heavy atom. The van der Waals surface area contributed by atoms with Gasteiger partial charge in [-0.25, -0.2) is 4.68 Å². The van der Waals surface area contributed by atoms with Gasteiger partial charge in [0.1, 0.15) is 11.6 Å². The van der Waals surface area contributed by atoms with Gasteiger partial charge < -0.3 is 10.1 Å². The van der Waals surface area contributed by atoms with Crippen molar-refractivity contribution in [1.29, 1.82) is 0 Å². The van der Waals surface area contributed by atoms with E-state index in [9.17, 15) is 4.79 Å². The summed E-state index contributed by atoms with van der Waals surface area (Å²) in [4.78, 5) is 12.2. The highest BCUT2D eigenvalue weighted by Crippen LogP contribution is 2.28. The standard InChI is InChI=1S/C15H17Cl2N3O2/c1-9(2)20-14(6-7-18-20)19-15(21)10(3)22-13-5-4-11(16)8-12(13)17/h4-10H,1-3H3,(H,19,21)/t10-/m0/s1. The SMILES string of the molecule is CC(C)n1nccc1NC(=O)[C@H](C)Oc1ccc(Cl)cc1Cl. The highest BCUT2D eigenvalue weighted by atomic mass is 35.5. The number of benzene rings is 1. The average molecular weight is 342 g/mol. The fraction of sp³-hybridized carbons (Fsp3) is 0.333. The molecule has 22 heavy (non-hydrogen) atoms. The lowest BCUT2D eigenvalue weighted by molar-refractivity contribution is -0.122. The summed E-state index contributed by atoms with van der Waals surface area (Å²) in [5.41, 5.74) is 0. The van der Waals surface area contributed by atoms with Gasteiger partial charge in [-0.1, -0.05) is 23.2 Å². The molecule has 0 bridgehead atoms. The molecule has 1 heterocycles. The van der Waals surface area contributed by atoms with Gasteiger partial charge in [0.2, 0.25) is 0 Å². The van der Waals surface area contributed by atoms with Crippen molar-refractivity contribution in [3.8, 4) is 5.75 Å². The number of anilines is 1. The van der Waals surface area contributed by atoms with Crippen molar-refractivity contribution in [3.05, 3.63) is 40.5 Å². The third-order valence-corrected chi connectivity index (χ3v) is 3.51. The lowest BCUT2D eigenvalue weighted by Gasteiger charge is -2.17. The molecule has 0 saturated carbocycles. The van der Waals surface area contributed by atoms with Gasteiger partial charge in [0.15, 0.2) is 6.10 Å². The minimum atomic E-state index is -0.714. The Balaban J connectivity index is 2.04. The molecule has 0 aliphatic heterocycles. The van der Waals surface area contributed by atoms with E-state index >= 15 is 0 Å². The van der Waals surface area contributed by atoms with E-state index in [-0.39, 0.29) is 11.9 Å². The smallest absolute Gasteiger partial charge is 0.266 e. The maximum Gasteiger partial charge on any atom is 0.266 e. The Kier molecular flexibility index (Phi) is 5.32. The summed E-state index contributed by atoms with van der Waals surface area (Å²) in [6.45, 7) is 5.61. The minimum Gasteiger partial charge on any atom is -0.479 e. The van der Waals surface area contributed by atoms with Crippen molar-refractivity contribution in [2.45, 2.75) is 32.9 Å². The van der Waals surface area contributed by atoms with Crippen LogP contribution in [-0.2, 0) is 4.79 Å². The van der Waals surface area contributed by atoms with Crippen molar-refractivity contribution < 1.29 is 9.53 Å². The zero-order valence-electron chi connectivity index (χ0n) is 12.5. The first-order valence-electron chi connectivity index (χ1n) is 6.84. The first-order valence-corrected chi connectivity index (χ1v) is 7.60. The molecule has 0 aliphatic rings. The zero-order valence-corrected chi connectivity index (χ0v) is 14.0. The summed E-state index contributed by atoms with van der Waals surface area (Å²) in [5.74, 6) is 0.747. The van der Waals surface area contributed by atoms with Crippen molar-refractivity contribution in [3.63, 3.8) is 0 Å². The van der Waals surface area contributed by atoms with E-state index in [1.54, 1.807) is 42.1 Å². The van der Waals surface area contributed by atoms with Crippen LogP contribution in [-0.4, -0.2) is 21.8 Å². The molecule has 118 valence electrons. The van der Waals surface area contributed by atoms with E-state index in [2.05, 4.69) is 10.4 Å². The van der Waals surface area contributed by atoms with Crippen LogP contribution < -0.4 is 10.1 Å². The fourth-order valence-electron chi connectivity index (χ4n) is 1.87. The summed E-state index contributed by atoms with van der Waals surface area (Å²) in [6.07, 6.45) is 0.922. The summed E-state index contributed by atoms with van der Waals surface area (Å²) in [7, 11) is 0. The molecular weight excluding hydrogens is 325 g/mol. The molecule has 0 spiro atoms. The predicted octanol–water partition coefficient (Wildman–Crippen LogP) is 4.18. The van der Waals surface area contributed by atoms with E-state index in [1.165, 1.54) is 0 Å². The van der Waals surface area contributed by atoms with Gasteiger partial charge in [0.25, 0.3) is 5.91 Å². The molecule has 2 rings (SSSR count). The van der Waals surface area contributed by atoms with E-state index in [0.717, 1.165) is 0 Å². The van der Waals surface area contributed by atoms with Gasteiger partial charge in [0.05, 0.1) is 11.2 Å². The Morgan fingerprint density at radius 2 is 2.00 bits per heavy atom. The number of rotatable bonds is 5. The summed E-state index contributed by atoms with van der Waals surface area (Å²) >= 11 is 11.9. The predicted molar refractivity (Wildman–Crippen MR) is 87.8 cm³/mol. The molecule has 0 aliphatic carbocycles. The Bertz CT molecular complexity index is 671. The van der Waals surface area contributed by atoms with E-state index < -0.39 is 6.10 Å². The van der Waals surface area contributed by atoms with Gasteiger partial charge in [-0.15, -0.1) is 0 Å².